The van der Waals surface area contributed by atoms with Crippen LogP contribution < -0.4 is 24.8 Å². The number of benzene rings is 2. The second-order valence-electron chi connectivity index (χ2n) is 6.79. The Hall–Kier alpha value is 0.243. The molecule has 0 N–H and O–H groups in total. The van der Waals surface area contributed by atoms with Crippen LogP contribution in [-0.2, 0) is 26.2 Å². The van der Waals surface area contributed by atoms with Gasteiger partial charge in [0.15, 0.2) is 0 Å². The largest absolute Gasteiger partial charge is 2.00 e. The summed E-state index contributed by atoms with van der Waals surface area (Å²) < 4.78 is 0. The smallest absolute Gasteiger partial charge is 1.00 e. The molecule has 2 aromatic carbocycles. The van der Waals surface area contributed by atoms with E-state index >= 15 is 0 Å². The Kier molecular flexibility index (Phi) is 34.9. The van der Waals surface area contributed by atoms with Crippen LogP contribution >= 0.6 is 15.8 Å². The Morgan fingerprint density at radius 3 is 1.39 bits per heavy atom. The van der Waals surface area contributed by atoms with Gasteiger partial charge in [0.1, 0.15) is 0 Å². The third-order valence-corrected chi connectivity index (χ3v) is 10.5. The number of halogens is 2. The molecular formula is C28H44Cl2P2Zr. The van der Waals surface area contributed by atoms with Crippen LogP contribution in [-0.4, -0.2) is 37.0 Å². The maximum absolute atomic E-state index is 3.69. The van der Waals surface area contributed by atoms with Gasteiger partial charge in [0.2, 0.25) is 0 Å². The molecule has 2 aromatic rings. The second-order valence-corrected chi connectivity index (χ2v) is 13.3. The zero-order valence-electron chi connectivity index (χ0n) is 21.5. The molecule has 0 radical (unpaired) electrons. The third-order valence-electron chi connectivity index (χ3n) is 5.14. The van der Waals surface area contributed by atoms with Crippen molar-refractivity contribution in [3.05, 3.63) is 78.9 Å². The molecule has 0 nitrogen and oxygen atoms in total. The van der Waals surface area contributed by atoms with Gasteiger partial charge in [-0.05, 0) is 53.7 Å². The van der Waals surface area contributed by atoms with Crippen LogP contribution in [0, 0.1) is 0 Å². The molecule has 184 valence electrons. The van der Waals surface area contributed by atoms with Crippen molar-refractivity contribution in [3.63, 3.8) is 0 Å². The van der Waals surface area contributed by atoms with E-state index in [1.807, 2.05) is 12.1 Å². The number of hydrogen-bond acceptors (Lipinski definition) is 0. The maximum Gasteiger partial charge on any atom is 2.00 e. The van der Waals surface area contributed by atoms with Gasteiger partial charge in [-0.2, -0.15) is 0 Å². The fourth-order valence-corrected chi connectivity index (χ4v) is 5.72. The van der Waals surface area contributed by atoms with Crippen molar-refractivity contribution < 1.29 is 51.0 Å². The van der Waals surface area contributed by atoms with Crippen molar-refractivity contribution in [2.45, 2.75) is 41.5 Å². The first kappa shape index (κ1) is 40.4. The standard InChI is InChI=1S/C16H14.2C6H15P.2ClH.Zr/c1-2-3-9-14-12-7-8-13-16(14)15-10-5-4-6-11-15;2*1-4-7(5-2)6-3;;;/h2-13H,1H2;2*4-6H2,1-3H3;2*1H;/q;;;;;+2/p-2. The van der Waals surface area contributed by atoms with E-state index < -0.39 is 0 Å². The number of rotatable bonds is 9. The van der Waals surface area contributed by atoms with Gasteiger partial charge in [0, 0.05) is 0 Å². The van der Waals surface area contributed by atoms with Gasteiger partial charge in [0.25, 0.3) is 0 Å². The van der Waals surface area contributed by atoms with Crippen LogP contribution in [0.5, 0.6) is 0 Å². The molecule has 0 atom stereocenters. The summed E-state index contributed by atoms with van der Waals surface area (Å²) in [6.07, 6.45) is 14.3. The van der Waals surface area contributed by atoms with E-state index in [4.69, 9.17) is 0 Å². The van der Waals surface area contributed by atoms with Crippen molar-refractivity contribution in [2.75, 3.05) is 37.0 Å². The van der Waals surface area contributed by atoms with Gasteiger partial charge >= 0.3 is 26.2 Å². The number of allylic oxidation sites excluding steroid dienone is 2. The molecule has 0 aliphatic heterocycles. The molecule has 0 saturated carbocycles. The van der Waals surface area contributed by atoms with Gasteiger partial charge in [-0.15, -0.1) is 15.8 Å². The Balaban J connectivity index is -0.000000212. The van der Waals surface area contributed by atoms with Gasteiger partial charge in [-0.1, -0.05) is 121 Å². The minimum atomic E-state index is 0. The Bertz CT molecular complexity index is 662. The zero-order chi connectivity index (χ0) is 22.6. The monoisotopic (exact) mass is 602 g/mol. The van der Waals surface area contributed by atoms with Crippen LogP contribution in [0.1, 0.15) is 47.1 Å². The fraction of sp³-hybridized carbons (Fsp3) is 0.429. The van der Waals surface area contributed by atoms with Crippen LogP contribution in [0.3, 0.4) is 0 Å². The summed E-state index contributed by atoms with van der Waals surface area (Å²) >= 11 is 0. The summed E-state index contributed by atoms with van der Waals surface area (Å²) in [6, 6.07) is 18.8. The van der Waals surface area contributed by atoms with Crippen LogP contribution in [0.4, 0.5) is 0 Å². The Labute approximate surface area is 240 Å². The Morgan fingerprint density at radius 1 is 0.636 bits per heavy atom. The van der Waals surface area contributed by atoms with Crippen molar-refractivity contribution in [2.24, 2.45) is 0 Å². The average molecular weight is 605 g/mol. The molecular weight excluding hydrogens is 560 g/mol. The molecule has 0 spiro atoms. The van der Waals surface area contributed by atoms with Crippen molar-refractivity contribution in [1.29, 1.82) is 0 Å². The minimum Gasteiger partial charge on any atom is -1.00 e. The second kappa shape index (κ2) is 28.5. The molecule has 2 rings (SSSR count). The van der Waals surface area contributed by atoms with Crippen molar-refractivity contribution >= 4 is 21.9 Å². The quantitative estimate of drug-likeness (QED) is 0.303. The first-order valence-corrected chi connectivity index (χ1v) is 15.3. The van der Waals surface area contributed by atoms with E-state index in [-0.39, 0.29) is 51.0 Å². The van der Waals surface area contributed by atoms with Crippen molar-refractivity contribution in [1.82, 2.24) is 0 Å². The summed E-state index contributed by atoms with van der Waals surface area (Å²) in [7, 11) is 0.892. The van der Waals surface area contributed by atoms with E-state index in [1.165, 1.54) is 53.7 Å². The molecule has 0 amide bonds. The number of hydrogen-bond donors (Lipinski definition) is 0. The van der Waals surface area contributed by atoms with E-state index in [0.29, 0.717) is 15.8 Å². The van der Waals surface area contributed by atoms with E-state index in [1.54, 1.807) is 6.08 Å². The summed E-state index contributed by atoms with van der Waals surface area (Å²) in [5.74, 6) is 0. The average Bonchev–Trinajstić information content (AvgIpc) is 2.82. The SMILES string of the molecule is C=CC=Cc1ccccc1-c1ccccc1.CCP(CC)CC.CCP(CC)CC.[Cl-].[Cl-].[Zr+2]. The molecule has 5 heteroatoms. The minimum absolute atomic E-state index is 0. The molecule has 0 heterocycles. The fourth-order valence-electron chi connectivity index (χ4n) is 3.04. The molecule has 33 heavy (non-hydrogen) atoms. The predicted octanol–water partition coefficient (Wildman–Crippen LogP) is 3.61. The van der Waals surface area contributed by atoms with Crippen LogP contribution in [0.2, 0.25) is 0 Å². The van der Waals surface area contributed by atoms with Gasteiger partial charge in [0.05, 0.1) is 0 Å². The first-order chi connectivity index (χ1) is 14.6. The normalized spacial score (nSPS) is 9.45. The van der Waals surface area contributed by atoms with Gasteiger partial charge in [-0.3, -0.25) is 0 Å². The van der Waals surface area contributed by atoms with E-state index in [9.17, 15) is 0 Å². The molecule has 0 fully saturated rings. The van der Waals surface area contributed by atoms with Crippen molar-refractivity contribution in [3.8, 4) is 11.1 Å². The van der Waals surface area contributed by atoms with Crippen LogP contribution in [0.15, 0.2) is 73.3 Å². The summed E-state index contributed by atoms with van der Waals surface area (Å²) in [5.41, 5.74) is 3.71. The van der Waals surface area contributed by atoms with Crippen LogP contribution in [0.25, 0.3) is 17.2 Å². The maximum atomic E-state index is 3.69. The Morgan fingerprint density at radius 2 is 1.03 bits per heavy atom. The third kappa shape index (κ3) is 19.1. The van der Waals surface area contributed by atoms with E-state index in [0.717, 1.165) is 0 Å². The predicted molar refractivity (Wildman–Crippen MR) is 148 cm³/mol. The molecule has 0 aromatic heterocycles. The van der Waals surface area contributed by atoms with Gasteiger partial charge < -0.3 is 24.8 Å². The van der Waals surface area contributed by atoms with E-state index in [2.05, 4.69) is 103 Å². The van der Waals surface area contributed by atoms with Gasteiger partial charge in [-0.25, -0.2) is 0 Å². The molecule has 0 bridgehead atoms. The molecule has 0 aliphatic rings. The summed E-state index contributed by atoms with van der Waals surface area (Å²) in [6.45, 7) is 17.4. The summed E-state index contributed by atoms with van der Waals surface area (Å²) in [4.78, 5) is 0. The molecule has 0 saturated heterocycles. The zero-order valence-corrected chi connectivity index (χ0v) is 27.3. The topological polar surface area (TPSA) is 0 Å². The molecule has 0 aliphatic carbocycles. The summed E-state index contributed by atoms with van der Waals surface area (Å²) in [5, 5.41) is 0. The first-order valence-electron chi connectivity index (χ1n) is 11.5. The molecule has 0 unspecified atom stereocenters.